The molecule has 0 aliphatic heterocycles. The maximum absolute atomic E-state index is 2.17. The van der Waals surface area contributed by atoms with Crippen LogP contribution >= 0.6 is 11.9 Å². The van der Waals surface area contributed by atoms with Gasteiger partial charge in [-0.15, -0.1) is 0 Å². The van der Waals surface area contributed by atoms with Crippen molar-refractivity contribution in [2.75, 3.05) is 14.1 Å². The predicted molar refractivity (Wildman–Crippen MR) is 71.4 cm³/mol. The van der Waals surface area contributed by atoms with Crippen molar-refractivity contribution in [1.29, 1.82) is 0 Å². The molecule has 0 fully saturated rings. The lowest BCUT2D eigenvalue weighted by Crippen LogP contribution is -1.98. The second-order valence-corrected chi connectivity index (χ2v) is 5.18. The van der Waals surface area contributed by atoms with Gasteiger partial charge in [0, 0.05) is 4.90 Å². The van der Waals surface area contributed by atoms with Crippen molar-refractivity contribution in [2.45, 2.75) is 4.90 Å². The van der Waals surface area contributed by atoms with Gasteiger partial charge in [-0.25, -0.2) is 0 Å². The minimum atomic E-state index is 1.27. The van der Waals surface area contributed by atoms with Gasteiger partial charge in [0.05, 0.1) is 0 Å². The molecule has 1 nitrogen and oxygen atoms in total. The number of hydrogen-bond acceptors (Lipinski definition) is 2. The number of nitrogens with zero attached hydrogens (tertiary/aromatic N) is 1. The molecule has 0 atom stereocenters. The van der Waals surface area contributed by atoms with Crippen molar-refractivity contribution < 1.29 is 0 Å². The van der Waals surface area contributed by atoms with Crippen molar-refractivity contribution in [1.82, 2.24) is 4.31 Å². The first kappa shape index (κ1) is 11.2. The highest BCUT2D eigenvalue weighted by Crippen LogP contribution is 2.24. The molecule has 0 unspecified atom stereocenters. The molecule has 0 saturated heterocycles. The number of benzene rings is 2. The van der Waals surface area contributed by atoms with Gasteiger partial charge in [-0.3, -0.25) is 4.31 Å². The highest BCUT2D eigenvalue weighted by atomic mass is 32.2. The molecule has 0 bridgehead atoms. The summed E-state index contributed by atoms with van der Waals surface area (Å²) in [6.45, 7) is 0. The molecule has 0 spiro atoms. The maximum Gasteiger partial charge on any atom is 0.0230 e. The van der Waals surface area contributed by atoms with Crippen LogP contribution in [0, 0.1) is 0 Å². The first-order chi connectivity index (χ1) is 7.75. The molecule has 0 aliphatic rings. The average molecular weight is 229 g/mol. The first-order valence-corrected chi connectivity index (χ1v) is 6.04. The van der Waals surface area contributed by atoms with Crippen LogP contribution in [-0.2, 0) is 0 Å². The summed E-state index contributed by atoms with van der Waals surface area (Å²) in [5.74, 6) is 0. The summed E-state index contributed by atoms with van der Waals surface area (Å²) in [6, 6.07) is 19.1. The Balaban J connectivity index is 2.20. The average Bonchev–Trinajstić information content (AvgIpc) is 2.30. The van der Waals surface area contributed by atoms with E-state index in [1.54, 1.807) is 11.9 Å². The van der Waals surface area contributed by atoms with Gasteiger partial charge >= 0.3 is 0 Å². The Kier molecular flexibility index (Phi) is 3.65. The summed E-state index contributed by atoms with van der Waals surface area (Å²) in [4.78, 5) is 1.27. The van der Waals surface area contributed by atoms with E-state index in [1.165, 1.54) is 16.0 Å². The van der Waals surface area contributed by atoms with Crippen LogP contribution in [0.1, 0.15) is 0 Å². The second kappa shape index (κ2) is 5.19. The fourth-order valence-electron chi connectivity index (χ4n) is 1.55. The van der Waals surface area contributed by atoms with E-state index in [9.17, 15) is 0 Å². The second-order valence-electron chi connectivity index (χ2n) is 3.79. The van der Waals surface area contributed by atoms with Gasteiger partial charge in [0.1, 0.15) is 0 Å². The molecule has 0 heterocycles. The van der Waals surface area contributed by atoms with Crippen LogP contribution in [0.2, 0.25) is 0 Å². The maximum atomic E-state index is 2.17. The fraction of sp³-hybridized carbons (Fsp3) is 0.143. The largest absolute Gasteiger partial charge is 0.253 e. The molecule has 2 aromatic rings. The Hall–Kier alpha value is -1.25. The third-order valence-corrected chi connectivity index (χ3v) is 3.10. The summed E-state index contributed by atoms with van der Waals surface area (Å²) in [5.41, 5.74) is 2.53. The molecule has 0 amide bonds. The van der Waals surface area contributed by atoms with Crippen molar-refractivity contribution in [3.8, 4) is 11.1 Å². The summed E-state index contributed by atoms with van der Waals surface area (Å²) in [7, 11) is 4.10. The monoisotopic (exact) mass is 229 g/mol. The topological polar surface area (TPSA) is 3.24 Å². The van der Waals surface area contributed by atoms with Gasteiger partial charge in [-0.1, -0.05) is 42.5 Å². The molecule has 2 rings (SSSR count). The zero-order valence-corrected chi connectivity index (χ0v) is 10.4. The van der Waals surface area contributed by atoms with Crippen LogP contribution in [-0.4, -0.2) is 18.4 Å². The Labute approximate surface area is 101 Å². The van der Waals surface area contributed by atoms with Gasteiger partial charge in [-0.05, 0) is 49.3 Å². The van der Waals surface area contributed by atoms with Gasteiger partial charge in [0.2, 0.25) is 0 Å². The summed E-state index contributed by atoms with van der Waals surface area (Å²) < 4.78 is 2.09. The minimum absolute atomic E-state index is 1.27. The van der Waals surface area contributed by atoms with E-state index < -0.39 is 0 Å². The highest BCUT2D eigenvalue weighted by molar-refractivity contribution is 7.97. The van der Waals surface area contributed by atoms with Crippen molar-refractivity contribution in [3.63, 3.8) is 0 Å². The summed E-state index contributed by atoms with van der Waals surface area (Å²) >= 11 is 1.74. The zero-order chi connectivity index (χ0) is 11.4. The van der Waals surface area contributed by atoms with Crippen LogP contribution in [0.3, 0.4) is 0 Å². The van der Waals surface area contributed by atoms with E-state index in [2.05, 4.69) is 66.9 Å². The van der Waals surface area contributed by atoms with E-state index in [1.807, 2.05) is 6.07 Å². The Morgan fingerprint density at radius 2 is 1.31 bits per heavy atom. The molecule has 82 valence electrons. The summed E-state index contributed by atoms with van der Waals surface area (Å²) in [5, 5.41) is 0. The van der Waals surface area contributed by atoms with E-state index in [0.29, 0.717) is 0 Å². The highest BCUT2D eigenvalue weighted by Gasteiger charge is 1.98. The van der Waals surface area contributed by atoms with E-state index in [-0.39, 0.29) is 0 Å². The van der Waals surface area contributed by atoms with Crippen LogP contribution in [0.25, 0.3) is 11.1 Å². The van der Waals surface area contributed by atoms with E-state index >= 15 is 0 Å². The smallest absolute Gasteiger partial charge is 0.0230 e. The molecule has 16 heavy (non-hydrogen) atoms. The third-order valence-electron chi connectivity index (χ3n) is 2.25. The van der Waals surface area contributed by atoms with Crippen LogP contribution in [0.15, 0.2) is 59.5 Å². The standard InChI is InChI=1S/C14H15NS/c1-15(2)16-14-10-8-13(9-11-14)12-6-4-3-5-7-12/h3-11H,1-2H3. The van der Waals surface area contributed by atoms with Crippen LogP contribution in [0.4, 0.5) is 0 Å². The zero-order valence-electron chi connectivity index (χ0n) is 9.55. The van der Waals surface area contributed by atoms with Gasteiger partial charge in [-0.2, -0.15) is 0 Å². The van der Waals surface area contributed by atoms with Gasteiger partial charge < -0.3 is 0 Å². The molecule has 0 N–H and O–H groups in total. The lowest BCUT2D eigenvalue weighted by Gasteiger charge is -2.08. The lowest BCUT2D eigenvalue weighted by atomic mass is 10.1. The molecular formula is C14H15NS. The Morgan fingerprint density at radius 3 is 1.88 bits per heavy atom. The minimum Gasteiger partial charge on any atom is -0.253 e. The van der Waals surface area contributed by atoms with Gasteiger partial charge in [0.25, 0.3) is 0 Å². The predicted octanol–water partition coefficient (Wildman–Crippen LogP) is 3.92. The molecule has 2 heteroatoms. The molecule has 0 saturated carbocycles. The number of rotatable bonds is 3. The third kappa shape index (κ3) is 2.87. The fourth-order valence-corrected chi connectivity index (χ4v) is 2.23. The lowest BCUT2D eigenvalue weighted by molar-refractivity contribution is 0.702. The van der Waals surface area contributed by atoms with Crippen molar-refractivity contribution >= 4 is 11.9 Å². The molecule has 0 aliphatic carbocycles. The summed E-state index contributed by atoms with van der Waals surface area (Å²) in [6.07, 6.45) is 0. The Morgan fingerprint density at radius 1 is 0.750 bits per heavy atom. The van der Waals surface area contributed by atoms with Gasteiger partial charge in [0.15, 0.2) is 0 Å². The van der Waals surface area contributed by atoms with Crippen LogP contribution in [0.5, 0.6) is 0 Å². The SMILES string of the molecule is CN(C)Sc1ccc(-c2ccccc2)cc1. The van der Waals surface area contributed by atoms with E-state index in [4.69, 9.17) is 0 Å². The normalized spacial score (nSPS) is 10.7. The Bertz CT molecular complexity index is 434. The molecule has 0 radical (unpaired) electrons. The number of hydrogen-bond donors (Lipinski definition) is 0. The van der Waals surface area contributed by atoms with E-state index in [0.717, 1.165) is 0 Å². The molecule has 0 aromatic heterocycles. The van der Waals surface area contributed by atoms with Crippen molar-refractivity contribution in [3.05, 3.63) is 54.6 Å². The quantitative estimate of drug-likeness (QED) is 0.734. The molecular weight excluding hydrogens is 214 g/mol. The van der Waals surface area contributed by atoms with Crippen LogP contribution < -0.4 is 0 Å². The van der Waals surface area contributed by atoms with Crippen molar-refractivity contribution in [2.24, 2.45) is 0 Å². The first-order valence-electron chi connectivity index (χ1n) is 5.26. The molecule has 2 aromatic carbocycles.